The molecule has 2 aromatic rings. The molecule has 0 bridgehead atoms. The van der Waals surface area contributed by atoms with Crippen LogP contribution in [0, 0.1) is 6.92 Å². The Labute approximate surface area is 133 Å². The number of aryl methyl sites for hydroxylation is 2. The Kier molecular flexibility index (Phi) is 5.12. The molecule has 1 unspecified atom stereocenters. The van der Waals surface area contributed by atoms with Gasteiger partial charge in [-0.3, -0.25) is 0 Å². The molecule has 0 aliphatic rings. The van der Waals surface area contributed by atoms with Gasteiger partial charge in [-0.05, 0) is 53.9 Å². The van der Waals surface area contributed by atoms with Crippen molar-refractivity contribution in [2.75, 3.05) is 0 Å². The fourth-order valence-electron chi connectivity index (χ4n) is 2.89. The van der Waals surface area contributed by atoms with Crippen molar-refractivity contribution in [3.63, 3.8) is 0 Å². The van der Waals surface area contributed by atoms with E-state index >= 15 is 0 Å². The smallest absolute Gasteiger partial charge is 0.122 e. The van der Waals surface area contributed by atoms with Crippen LogP contribution >= 0.6 is 0 Å². The van der Waals surface area contributed by atoms with Crippen LogP contribution in [0.2, 0.25) is 0 Å². The predicted molar refractivity (Wildman–Crippen MR) is 91.8 cm³/mol. The maximum atomic E-state index is 10.5. The molecule has 0 aliphatic heterocycles. The molecular formula is C20H26O2. The largest absolute Gasteiger partial charge is 0.507 e. The highest BCUT2D eigenvalue weighted by atomic mass is 16.3. The van der Waals surface area contributed by atoms with Gasteiger partial charge in [-0.15, -0.1) is 0 Å². The van der Waals surface area contributed by atoms with E-state index in [1.165, 1.54) is 0 Å². The normalized spacial score (nSPS) is 12.6. The van der Waals surface area contributed by atoms with Crippen LogP contribution < -0.4 is 0 Å². The highest BCUT2D eigenvalue weighted by Crippen LogP contribution is 2.35. The Morgan fingerprint density at radius 2 is 1.50 bits per heavy atom. The van der Waals surface area contributed by atoms with Gasteiger partial charge in [0.25, 0.3) is 0 Å². The number of hydrogen-bond donors (Lipinski definition) is 2. The third kappa shape index (κ3) is 3.44. The maximum absolute atomic E-state index is 10.5. The zero-order valence-electron chi connectivity index (χ0n) is 13.9. The van der Waals surface area contributed by atoms with Crippen LogP contribution in [-0.2, 0) is 6.42 Å². The van der Waals surface area contributed by atoms with Crippen LogP contribution in [0.25, 0.3) is 0 Å². The topological polar surface area (TPSA) is 40.5 Å². The summed E-state index contributed by atoms with van der Waals surface area (Å²) in [6, 6.07) is 11.9. The minimum Gasteiger partial charge on any atom is -0.507 e. The molecule has 2 nitrogen and oxygen atoms in total. The van der Waals surface area contributed by atoms with E-state index < -0.39 is 0 Å². The third-order valence-corrected chi connectivity index (χ3v) is 4.42. The standard InChI is InChI=1S/C20H26O2/c1-13(2)17-9-6-10-18(20(17)22)14(3)11-12-16-8-5-7-15(4)19(16)21/h5-10,13-14,21-22H,11-12H2,1-4H3. The summed E-state index contributed by atoms with van der Waals surface area (Å²) in [5.41, 5.74) is 3.89. The Hall–Kier alpha value is -1.96. The molecule has 0 saturated carbocycles. The van der Waals surface area contributed by atoms with Gasteiger partial charge in [-0.1, -0.05) is 57.2 Å². The number of phenols is 2. The summed E-state index contributed by atoms with van der Waals surface area (Å²) >= 11 is 0. The SMILES string of the molecule is Cc1cccc(CCC(C)c2cccc(C(C)C)c2O)c1O. The molecular weight excluding hydrogens is 272 g/mol. The fourth-order valence-corrected chi connectivity index (χ4v) is 2.89. The number of phenolic OH excluding ortho intramolecular Hbond substituents is 2. The first-order valence-electron chi connectivity index (χ1n) is 8.01. The van der Waals surface area contributed by atoms with Crippen molar-refractivity contribution in [2.45, 2.75) is 52.4 Å². The second-order valence-electron chi connectivity index (χ2n) is 6.46. The Balaban J connectivity index is 2.14. The van der Waals surface area contributed by atoms with Gasteiger partial charge in [0.15, 0.2) is 0 Å². The molecule has 0 aromatic heterocycles. The lowest BCUT2D eigenvalue weighted by Gasteiger charge is -2.18. The van der Waals surface area contributed by atoms with Crippen molar-refractivity contribution in [3.8, 4) is 11.5 Å². The van der Waals surface area contributed by atoms with Gasteiger partial charge in [0.2, 0.25) is 0 Å². The summed E-state index contributed by atoms with van der Waals surface area (Å²) < 4.78 is 0. The Morgan fingerprint density at radius 1 is 0.864 bits per heavy atom. The van der Waals surface area contributed by atoms with Crippen LogP contribution in [0.3, 0.4) is 0 Å². The zero-order chi connectivity index (χ0) is 16.3. The molecule has 1 atom stereocenters. The van der Waals surface area contributed by atoms with Gasteiger partial charge in [-0.25, -0.2) is 0 Å². The lowest BCUT2D eigenvalue weighted by atomic mass is 9.89. The zero-order valence-corrected chi connectivity index (χ0v) is 13.9. The highest BCUT2D eigenvalue weighted by molar-refractivity contribution is 5.44. The summed E-state index contributed by atoms with van der Waals surface area (Å²) in [7, 11) is 0. The van der Waals surface area contributed by atoms with E-state index in [-0.39, 0.29) is 5.92 Å². The van der Waals surface area contributed by atoms with Crippen LogP contribution in [-0.4, -0.2) is 10.2 Å². The Morgan fingerprint density at radius 3 is 2.18 bits per heavy atom. The van der Waals surface area contributed by atoms with Gasteiger partial charge in [0.1, 0.15) is 11.5 Å². The average molecular weight is 298 g/mol. The summed E-state index contributed by atoms with van der Waals surface area (Å²) in [4.78, 5) is 0. The van der Waals surface area contributed by atoms with Crippen molar-refractivity contribution in [2.24, 2.45) is 0 Å². The van der Waals surface area contributed by atoms with Gasteiger partial charge >= 0.3 is 0 Å². The van der Waals surface area contributed by atoms with E-state index in [0.29, 0.717) is 17.4 Å². The van der Waals surface area contributed by atoms with Crippen LogP contribution in [0.5, 0.6) is 11.5 Å². The fraction of sp³-hybridized carbons (Fsp3) is 0.400. The third-order valence-electron chi connectivity index (χ3n) is 4.42. The summed E-state index contributed by atoms with van der Waals surface area (Å²) in [5.74, 6) is 1.39. The van der Waals surface area contributed by atoms with Gasteiger partial charge in [0.05, 0.1) is 0 Å². The van der Waals surface area contributed by atoms with Crippen molar-refractivity contribution in [1.82, 2.24) is 0 Å². The molecule has 22 heavy (non-hydrogen) atoms. The van der Waals surface area contributed by atoms with Crippen LogP contribution in [0.1, 0.15) is 61.3 Å². The van der Waals surface area contributed by atoms with Crippen molar-refractivity contribution < 1.29 is 10.2 Å². The Bertz CT molecular complexity index is 644. The molecule has 2 heteroatoms. The number of benzene rings is 2. The first-order valence-corrected chi connectivity index (χ1v) is 8.01. The summed E-state index contributed by atoms with van der Waals surface area (Å²) in [6.45, 7) is 8.23. The highest BCUT2D eigenvalue weighted by Gasteiger charge is 2.15. The quantitative estimate of drug-likeness (QED) is 0.789. The van der Waals surface area contributed by atoms with E-state index in [9.17, 15) is 10.2 Å². The van der Waals surface area contributed by atoms with E-state index in [2.05, 4.69) is 20.8 Å². The molecule has 0 aliphatic carbocycles. The molecule has 0 heterocycles. The minimum absolute atomic E-state index is 0.249. The molecule has 0 spiro atoms. The van der Waals surface area contributed by atoms with Crippen molar-refractivity contribution in [3.05, 3.63) is 58.7 Å². The van der Waals surface area contributed by atoms with Crippen molar-refractivity contribution >= 4 is 0 Å². The molecule has 0 fully saturated rings. The number of rotatable bonds is 5. The average Bonchev–Trinajstić information content (AvgIpc) is 2.48. The van der Waals surface area contributed by atoms with Crippen LogP contribution in [0.15, 0.2) is 36.4 Å². The first-order chi connectivity index (χ1) is 10.4. The number of para-hydroxylation sites is 2. The maximum Gasteiger partial charge on any atom is 0.122 e. The van der Waals surface area contributed by atoms with E-state index in [0.717, 1.165) is 35.1 Å². The van der Waals surface area contributed by atoms with Crippen LogP contribution in [0.4, 0.5) is 0 Å². The molecule has 2 N–H and O–H groups in total. The molecule has 0 amide bonds. The molecule has 0 radical (unpaired) electrons. The predicted octanol–water partition coefficient (Wildman–Crippen LogP) is 5.27. The lowest BCUT2D eigenvalue weighted by Crippen LogP contribution is -2.00. The molecule has 0 saturated heterocycles. The summed E-state index contributed by atoms with van der Waals surface area (Å²) in [6.07, 6.45) is 1.70. The molecule has 2 rings (SSSR count). The lowest BCUT2D eigenvalue weighted by molar-refractivity contribution is 0.448. The van der Waals surface area contributed by atoms with Gasteiger partial charge in [0, 0.05) is 0 Å². The molecule has 118 valence electrons. The van der Waals surface area contributed by atoms with Crippen molar-refractivity contribution in [1.29, 1.82) is 0 Å². The second-order valence-corrected chi connectivity index (χ2v) is 6.46. The van der Waals surface area contributed by atoms with E-state index in [1.54, 1.807) is 0 Å². The van der Waals surface area contributed by atoms with E-state index in [4.69, 9.17) is 0 Å². The summed E-state index contributed by atoms with van der Waals surface area (Å²) in [5, 5.41) is 20.6. The number of aromatic hydroxyl groups is 2. The molecule has 2 aromatic carbocycles. The minimum atomic E-state index is 0.249. The van der Waals surface area contributed by atoms with Gasteiger partial charge in [-0.2, -0.15) is 0 Å². The second kappa shape index (κ2) is 6.87. The first kappa shape index (κ1) is 16.4. The monoisotopic (exact) mass is 298 g/mol. The van der Waals surface area contributed by atoms with Gasteiger partial charge < -0.3 is 10.2 Å². The van der Waals surface area contributed by atoms with E-state index in [1.807, 2.05) is 43.3 Å². The number of hydrogen-bond acceptors (Lipinski definition) is 2.